The smallest absolute Gasteiger partial charge is 0.233 e. The lowest BCUT2D eigenvalue weighted by Crippen LogP contribution is -2.52. The lowest BCUT2D eigenvalue weighted by molar-refractivity contribution is -0.141. The van der Waals surface area contributed by atoms with Gasteiger partial charge in [0, 0.05) is 37.4 Å². The zero-order valence-electron chi connectivity index (χ0n) is 18.9. The van der Waals surface area contributed by atoms with Crippen LogP contribution in [0.3, 0.4) is 0 Å². The van der Waals surface area contributed by atoms with Crippen LogP contribution in [0, 0.1) is 0 Å². The Balaban J connectivity index is 1.39. The Labute approximate surface area is 193 Å². The molecule has 0 radical (unpaired) electrons. The van der Waals surface area contributed by atoms with Crippen LogP contribution in [0.2, 0.25) is 0 Å². The van der Waals surface area contributed by atoms with Crippen molar-refractivity contribution >= 4 is 22.5 Å². The highest BCUT2D eigenvalue weighted by atomic mass is 16.5. The number of amides is 1. The number of nitrogens with zero attached hydrogens (tertiary/aromatic N) is 2. The minimum absolute atomic E-state index is 0.0234. The van der Waals surface area contributed by atoms with Crippen LogP contribution >= 0.6 is 0 Å². The molecule has 2 saturated heterocycles. The van der Waals surface area contributed by atoms with Crippen molar-refractivity contribution in [1.82, 2.24) is 15.1 Å². The van der Waals surface area contributed by atoms with Gasteiger partial charge in [-0.3, -0.25) is 9.89 Å². The molecule has 2 aliphatic heterocycles. The van der Waals surface area contributed by atoms with Crippen LogP contribution < -0.4 is 10.1 Å². The first-order valence-corrected chi connectivity index (χ1v) is 11.5. The van der Waals surface area contributed by atoms with E-state index in [4.69, 9.17) is 14.2 Å². The van der Waals surface area contributed by atoms with Crippen molar-refractivity contribution in [3.8, 4) is 5.75 Å². The largest absolute Gasteiger partial charge is 0.497 e. The molecule has 3 heterocycles. The van der Waals surface area contributed by atoms with Gasteiger partial charge in [0.1, 0.15) is 5.75 Å². The molecule has 8 nitrogen and oxygen atoms in total. The monoisotopic (exact) mass is 450 g/mol. The molecule has 3 aromatic rings. The maximum Gasteiger partial charge on any atom is 0.233 e. The molecule has 0 bridgehead atoms. The number of hydrogen-bond acceptors (Lipinski definition) is 6. The maximum absolute atomic E-state index is 14.1. The number of benzene rings is 2. The fraction of sp³-hybridized carbons (Fsp3) is 0.440. The summed E-state index contributed by atoms with van der Waals surface area (Å²) in [5.74, 6) is 0.934. The van der Waals surface area contributed by atoms with Gasteiger partial charge < -0.3 is 24.4 Å². The number of anilines is 1. The van der Waals surface area contributed by atoms with Gasteiger partial charge >= 0.3 is 0 Å². The molecule has 0 saturated carbocycles. The first-order chi connectivity index (χ1) is 16.2. The van der Waals surface area contributed by atoms with Crippen molar-refractivity contribution in [1.29, 1.82) is 0 Å². The van der Waals surface area contributed by atoms with Crippen LogP contribution in [0.1, 0.15) is 18.4 Å². The number of aromatic amines is 1. The molecule has 174 valence electrons. The number of nitrogens with one attached hydrogen (secondary N) is 2. The summed E-state index contributed by atoms with van der Waals surface area (Å²) in [6, 6.07) is 13.9. The van der Waals surface area contributed by atoms with E-state index in [-0.39, 0.29) is 11.9 Å². The molecule has 1 amide bonds. The molecule has 0 aliphatic carbocycles. The van der Waals surface area contributed by atoms with Gasteiger partial charge in [-0.05, 0) is 42.7 Å². The van der Waals surface area contributed by atoms with E-state index in [1.54, 1.807) is 7.11 Å². The van der Waals surface area contributed by atoms with Crippen molar-refractivity contribution in [3.05, 3.63) is 54.2 Å². The third-order valence-electron chi connectivity index (χ3n) is 6.80. The molecule has 2 fully saturated rings. The highest BCUT2D eigenvalue weighted by Crippen LogP contribution is 2.38. The molecule has 2 N–H and O–H groups in total. The van der Waals surface area contributed by atoms with E-state index in [9.17, 15) is 4.79 Å². The Hall–Kier alpha value is -3.10. The topological polar surface area (TPSA) is 88.7 Å². The Morgan fingerprint density at radius 3 is 2.76 bits per heavy atom. The molecular formula is C25H30N4O4. The Morgan fingerprint density at radius 2 is 1.97 bits per heavy atom. The first kappa shape index (κ1) is 21.7. The van der Waals surface area contributed by atoms with Gasteiger partial charge in [-0.1, -0.05) is 18.2 Å². The lowest BCUT2D eigenvalue weighted by Gasteiger charge is -2.40. The van der Waals surface area contributed by atoms with E-state index in [1.165, 1.54) is 0 Å². The number of rotatable bonds is 5. The summed E-state index contributed by atoms with van der Waals surface area (Å²) in [5, 5.41) is 11.8. The number of carbonyl (C=O) groups is 1. The van der Waals surface area contributed by atoms with E-state index in [0.29, 0.717) is 52.4 Å². The average Bonchev–Trinajstić information content (AvgIpc) is 3.24. The van der Waals surface area contributed by atoms with Crippen LogP contribution in [0.5, 0.6) is 5.75 Å². The summed E-state index contributed by atoms with van der Waals surface area (Å²) < 4.78 is 16.9. The van der Waals surface area contributed by atoms with Gasteiger partial charge in [-0.25, -0.2) is 0 Å². The molecule has 5 rings (SSSR count). The first-order valence-electron chi connectivity index (χ1n) is 11.5. The van der Waals surface area contributed by atoms with Crippen molar-refractivity contribution in [2.24, 2.45) is 0 Å². The maximum atomic E-state index is 14.1. The van der Waals surface area contributed by atoms with E-state index in [2.05, 4.69) is 15.5 Å². The zero-order valence-corrected chi connectivity index (χ0v) is 18.9. The number of ether oxygens (including phenoxy) is 3. The Morgan fingerprint density at radius 1 is 1.15 bits per heavy atom. The third kappa shape index (κ3) is 4.28. The van der Waals surface area contributed by atoms with Crippen molar-refractivity contribution in [2.45, 2.75) is 24.3 Å². The van der Waals surface area contributed by atoms with Crippen LogP contribution in [0.4, 0.5) is 5.69 Å². The number of carbonyl (C=O) groups excluding carboxylic acids is 1. The molecule has 0 spiro atoms. The molecular weight excluding hydrogens is 420 g/mol. The van der Waals surface area contributed by atoms with Gasteiger partial charge in [-0.2, -0.15) is 5.10 Å². The average molecular weight is 451 g/mol. The van der Waals surface area contributed by atoms with E-state index in [0.717, 1.165) is 27.9 Å². The van der Waals surface area contributed by atoms with Gasteiger partial charge in [0.15, 0.2) is 0 Å². The highest BCUT2D eigenvalue weighted by molar-refractivity contribution is 5.91. The predicted molar refractivity (Wildman–Crippen MR) is 126 cm³/mol. The predicted octanol–water partition coefficient (Wildman–Crippen LogP) is 2.96. The minimum atomic E-state index is -0.593. The Kier molecular flexibility index (Phi) is 6.20. The highest BCUT2D eigenvalue weighted by Gasteiger charge is 2.44. The number of hydrogen-bond donors (Lipinski definition) is 2. The fourth-order valence-electron chi connectivity index (χ4n) is 4.95. The molecule has 8 heteroatoms. The summed E-state index contributed by atoms with van der Waals surface area (Å²) in [5.41, 5.74) is 2.39. The van der Waals surface area contributed by atoms with Crippen LogP contribution in [-0.2, 0) is 19.7 Å². The van der Waals surface area contributed by atoms with Gasteiger partial charge in [0.05, 0.1) is 43.5 Å². The second kappa shape index (κ2) is 9.41. The summed E-state index contributed by atoms with van der Waals surface area (Å²) in [6.07, 6.45) is 3.16. The molecule has 1 aromatic heterocycles. The van der Waals surface area contributed by atoms with Gasteiger partial charge in [-0.15, -0.1) is 0 Å². The van der Waals surface area contributed by atoms with E-state index >= 15 is 0 Å². The van der Waals surface area contributed by atoms with Crippen molar-refractivity contribution < 1.29 is 19.0 Å². The van der Waals surface area contributed by atoms with E-state index < -0.39 is 5.41 Å². The molecule has 1 atom stereocenters. The standard InChI is InChI=1S/C25H30N4O4/c1-31-20-7-5-18(6-8-20)25(9-12-32-13-10-25)24(30)29-11-14-33-17-19(16-29)27-22-3-2-4-23-21(22)15-26-28-23/h2-8,15,19,27H,9-14,16-17H2,1H3,(H,26,28). The summed E-state index contributed by atoms with van der Waals surface area (Å²) in [7, 11) is 1.65. The number of methoxy groups -OCH3 is 1. The minimum Gasteiger partial charge on any atom is -0.497 e. The van der Waals surface area contributed by atoms with Crippen LogP contribution in [0.15, 0.2) is 48.7 Å². The Bertz CT molecular complexity index is 1090. The fourth-order valence-corrected chi connectivity index (χ4v) is 4.95. The zero-order chi connectivity index (χ0) is 22.7. The molecule has 2 aliphatic rings. The van der Waals surface area contributed by atoms with Gasteiger partial charge in [0.25, 0.3) is 0 Å². The number of H-pyrrole nitrogens is 1. The summed E-state index contributed by atoms with van der Waals surface area (Å²) in [6.45, 7) is 3.36. The second-order valence-corrected chi connectivity index (χ2v) is 8.73. The second-order valence-electron chi connectivity index (χ2n) is 8.73. The molecule has 2 aromatic carbocycles. The SMILES string of the molecule is COc1ccc(C2(C(=O)N3CCOCC(Nc4cccc5[nH]ncc45)C3)CCOCC2)cc1. The van der Waals surface area contributed by atoms with Gasteiger partial charge in [0.2, 0.25) is 5.91 Å². The summed E-state index contributed by atoms with van der Waals surface area (Å²) >= 11 is 0. The lowest BCUT2D eigenvalue weighted by atomic mass is 9.73. The van der Waals surface area contributed by atoms with Crippen molar-refractivity contribution in [2.75, 3.05) is 51.9 Å². The van der Waals surface area contributed by atoms with Crippen LogP contribution in [-0.4, -0.2) is 73.7 Å². The van der Waals surface area contributed by atoms with Crippen molar-refractivity contribution in [3.63, 3.8) is 0 Å². The normalized spacial score (nSPS) is 20.9. The van der Waals surface area contributed by atoms with E-state index in [1.807, 2.05) is 53.6 Å². The molecule has 1 unspecified atom stereocenters. The summed E-state index contributed by atoms with van der Waals surface area (Å²) in [4.78, 5) is 16.1. The number of aromatic nitrogens is 2. The number of fused-ring (bicyclic) bond motifs is 1. The van der Waals surface area contributed by atoms with Crippen LogP contribution in [0.25, 0.3) is 10.9 Å². The third-order valence-corrected chi connectivity index (χ3v) is 6.80. The quantitative estimate of drug-likeness (QED) is 0.621. The molecule has 33 heavy (non-hydrogen) atoms.